The SMILES string of the molecule is CNS(=O)(=O)N(c1ccc2ccc3ncc(-c4cnn(C)c4)cc3c(=O)c2c1)C1CCOC1. The maximum atomic E-state index is 13.6. The topological polar surface area (TPSA) is 106 Å². The van der Waals surface area contributed by atoms with E-state index in [4.69, 9.17) is 4.74 Å². The third kappa shape index (κ3) is 3.86. The van der Waals surface area contributed by atoms with Gasteiger partial charge in [0.25, 0.3) is 0 Å². The lowest BCUT2D eigenvalue weighted by Gasteiger charge is -2.28. The Morgan fingerprint density at radius 1 is 1.12 bits per heavy atom. The molecule has 0 aliphatic carbocycles. The van der Waals surface area contributed by atoms with E-state index in [9.17, 15) is 13.2 Å². The summed E-state index contributed by atoms with van der Waals surface area (Å²) in [4.78, 5) is 18.1. The summed E-state index contributed by atoms with van der Waals surface area (Å²) in [6, 6.07) is 10.2. The molecule has 0 radical (unpaired) electrons. The van der Waals surface area contributed by atoms with Crippen molar-refractivity contribution in [1.29, 1.82) is 0 Å². The number of aromatic nitrogens is 3. The van der Waals surface area contributed by atoms with Gasteiger partial charge in [-0.1, -0.05) is 12.1 Å². The van der Waals surface area contributed by atoms with E-state index in [1.807, 2.05) is 19.3 Å². The van der Waals surface area contributed by atoms with Crippen molar-refractivity contribution in [2.75, 3.05) is 24.6 Å². The van der Waals surface area contributed by atoms with E-state index in [0.717, 1.165) is 11.1 Å². The van der Waals surface area contributed by atoms with Crippen LogP contribution in [0.4, 0.5) is 5.69 Å². The first-order chi connectivity index (χ1) is 15.9. The molecule has 33 heavy (non-hydrogen) atoms. The highest BCUT2D eigenvalue weighted by molar-refractivity contribution is 7.90. The highest BCUT2D eigenvalue weighted by Gasteiger charge is 2.32. The van der Waals surface area contributed by atoms with Gasteiger partial charge >= 0.3 is 10.2 Å². The quantitative estimate of drug-likeness (QED) is 0.484. The Hall–Kier alpha value is -3.34. The summed E-state index contributed by atoms with van der Waals surface area (Å²) in [6.45, 7) is 0.788. The molecule has 1 atom stereocenters. The highest BCUT2D eigenvalue weighted by Crippen LogP contribution is 2.28. The van der Waals surface area contributed by atoms with Gasteiger partial charge in [0.1, 0.15) is 0 Å². The molecule has 0 amide bonds. The molecule has 3 heterocycles. The van der Waals surface area contributed by atoms with E-state index in [1.54, 1.807) is 47.4 Å². The van der Waals surface area contributed by atoms with Crippen LogP contribution in [0, 0.1) is 0 Å². The third-order valence-corrected chi connectivity index (χ3v) is 7.46. The molecule has 5 rings (SSSR count). The maximum absolute atomic E-state index is 13.6. The molecule has 2 aromatic heterocycles. The van der Waals surface area contributed by atoms with Crippen LogP contribution in [-0.2, 0) is 22.0 Å². The molecule has 1 N–H and O–H groups in total. The van der Waals surface area contributed by atoms with Gasteiger partial charge < -0.3 is 4.74 Å². The molecule has 170 valence electrons. The summed E-state index contributed by atoms with van der Waals surface area (Å²) in [7, 11) is -0.600. The molecule has 1 aliphatic heterocycles. The molecule has 4 aromatic rings. The van der Waals surface area contributed by atoms with Crippen LogP contribution >= 0.6 is 0 Å². The van der Waals surface area contributed by atoms with Crippen molar-refractivity contribution in [3.63, 3.8) is 0 Å². The molecule has 10 heteroatoms. The van der Waals surface area contributed by atoms with E-state index in [2.05, 4.69) is 14.8 Å². The molecule has 9 nitrogen and oxygen atoms in total. The zero-order chi connectivity index (χ0) is 23.2. The molecular formula is C23H23N5O4S. The number of anilines is 1. The van der Waals surface area contributed by atoms with Crippen molar-refractivity contribution < 1.29 is 13.2 Å². The van der Waals surface area contributed by atoms with Crippen LogP contribution in [0.25, 0.3) is 32.8 Å². The number of ether oxygens (including phenoxy) is 1. The summed E-state index contributed by atoms with van der Waals surface area (Å²) in [5.74, 6) is 0. The van der Waals surface area contributed by atoms with Crippen molar-refractivity contribution in [1.82, 2.24) is 19.5 Å². The van der Waals surface area contributed by atoms with Crippen LogP contribution in [0.3, 0.4) is 0 Å². The minimum Gasteiger partial charge on any atom is -0.379 e. The number of benzene rings is 1. The average Bonchev–Trinajstić information content (AvgIpc) is 3.47. The lowest BCUT2D eigenvalue weighted by Crippen LogP contribution is -2.46. The fourth-order valence-electron chi connectivity index (χ4n) is 4.21. The van der Waals surface area contributed by atoms with Gasteiger partial charge in [-0.25, -0.2) is 4.72 Å². The van der Waals surface area contributed by atoms with Crippen LogP contribution < -0.4 is 14.5 Å². The normalized spacial score (nSPS) is 16.5. The number of hydrogen-bond acceptors (Lipinski definition) is 6. The zero-order valence-electron chi connectivity index (χ0n) is 18.2. The molecule has 1 fully saturated rings. The van der Waals surface area contributed by atoms with Crippen molar-refractivity contribution in [3.8, 4) is 11.1 Å². The van der Waals surface area contributed by atoms with E-state index in [1.165, 1.54) is 11.4 Å². The van der Waals surface area contributed by atoms with Crippen LogP contribution in [0.2, 0.25) is 0 Å². The Balaban J connectivity index is 1.73. The first kappa shape index (κ1) is 21.5. The van der Waals surface area contributed by atoms with Gasteiger partial charge in [-0.3, -0.25) is 18.8 Å². The van der Waals surface area contributed by atoms with Crippen molar-refractivity contribution >= 4 is 37.6 Å². The number of nitrogens with zero attached hydrogens (tertiary/aromatic N) is 4. The summed E-state index contributed by atoms with van der Waals surface area (Å²) in [6.07, 6.45) is 5.87. The standard InChI is InChI=1S/C23H23N5O4S/c1-24-33(30,31)28(19-7-8-32-14-19)18-5-3-15-4-6-22-21(23(29)20(15)10-18)9-16(11-25-22)17-12-26-27(2)13-17/h3-6,9-13,19,24H,7-8,14H2,1-2H3. The monoisotopic (exact) mass is 465 g/mol. The Labute approximate surface area is 190 Å². The van der Waals surface area contributed by atoms with Gasteiger partial charge in [-0.2, -0.15) is 13.5 Å². The lowest BCUT2D eigenvalue weighted by atomic mass is 10.1. The van der Waals surface area contributed by atoms with E-state index < -0.39 is 10.2 Å². The molecule has 0 bridgehead atoms. The van der Waals surface area contributed by atoms with Crippen LogP contribution in [-0.4, -0.2) is 49.5 Å². The van der Waals surface area contributed by atoms with Gasteiger partial charge in [0.15, 0.2) is 5.43 Å². The zero-order valence-corrected chi connectivity index (χ0v) is 19.0. The van der Waals surface area contributed by atoms with Gasteiger partial charge in [-0.05, 0) is 36.1 Å². The second-order valence-corrected chi connectivity index (χ2v) is 9.77. The molecular weight excluding hydrogens is 442 g/mol. The van der Waals surface area contributed by atoms with Crippen LogP contribution in [0.1, 0.15) is 6.42 Å². The summed E-state index contributed by atoms with van der Waals surface area (Å²) < 4.78 is 36.5. The first-order valence-corrected chi connectivity index (χ1v) is 12.0. The molecule has 1 unspecified atom stereocenters. The van der Waals surface area contributed by atoms with Crippen molar-refractivity contribution in [2.24, 2.45) is 7.05 Å². The van der Waals surface area contributed by atoms with Crippen molar-refractivity contribution in [3.05, 3.63) is 65.2 Å². The Morgan fingerprint density at radius 3 is 2.64 bits per heavy atom. The molecule has 0 spiro atoms. The fraction of sp³-hybridized carbons (Fsp3) is 0.261. The second kappa shape index (κ2) is 8.22. The van der Waals surface area contributed by atoms with Gasteiger partial charge in [0.2, 0.25) is 0 Å². The Bertz CT molecular complexity index is 1530. The minimum atomic E-state index is -3.80. The predicted molar refractivity (Wildman–Crippen MR) is 127 cm³/mol. The van der Waals surface area contributed by atoms with Crippen LogP contribution in [0.15, 0.2) is 59.8 Å². The van der Waals surface area contributed by atoms with Crippen LogP contribution in [0.5, 0.6) is 0 Å². The number of nitrogens with one attached hydrogen (secondary N) is 1. The fourth-order valence-corrected chi connectivity index (χ4v) is 5.35. The highest BCUT2D eigenvalue weighted by atomic mass is 32.2. The largest absolute Gasteiger partial charge is 0.379 e. The Kier molecular flexibility index (Phi) is 5.35. The summed E-state index contributed by atoms with van der Waals surface area (Å²) in [5.41, 5.74) is 2.41. The number of hydrogen-bond donors (Lipinski definition) is 1. The predicted octanol–water partition coefficient (Wildman–Crippen LogP) is 2.21. The van der Waals surface area contributed by atoms with Gasteiger partial charge in [0.05, 0.1) is 30.0 Å². The Morgan fingerprint density at radius 2 is 1.94 bits per heavy atom. The summed E-state index contributed by atoms with van der Waals surface area (Å²) in [5, 5.41) is 5.77. The van der Waals surface area contributed by atoms with E-state index >= 15 is 0 Å². The van der Waals surface area contributed by atoms with E-state index in [0.29, 0.717) is 47.0 Å². The number of rotatable bonds is 5. The van der Waals surface area contributed by atoms with E-state index in [-0.39, 0.29) is 11.5 Å². The lowest BCUT2D eigenvalue weighted by molar-refractivity contribution is 0.194. The second-order valence-electron chi connectivity index (χ2n) is 8.02. The van der Waals surface area contributed by atoms with Gasteiger partial charge in [-0.15, -0.1) is 0 Å². The van der Waals surface area contributed by atoms with Crippen molar-refractivity contribution in [2.45, 2.75) is 12.5 Å². The number of fused-ring (bicyclic) bond motifs is 2. The third-order valence-electron chi connectivity index (χ3n) is 5.91. The minimum absolute atomic E-state index is 0.213. The average molecular weight is 466 g/mol. The molecule has 1 saturated heterocycles. The molecule has 2 aromatic carbocycles. The molecule has 1 aliphatic rings. The first-order valence-electron chi connectivity index (χ1n) is 10.5. The number of aryl methyl sites for hydroxylation is 1. The smallest absolute Gasteiger partial charge is 0.301 e. The maximum Gasteiger partial charge on any atom is 0.301 e. The summed E-state index contributed by atoms with van der Waals surface area (Å²) >= 11 is 0. The van der Waals surface area contributed by atoms with Gasteiger partial charge in [0, 0.05) is 55.0 Å². The molecule has 0 saturated carbocycles. The number of pyridine rings is 1.